The summed E-state index contributed by atoms with van der Waals surface area (Å²) in [5, 5.41) is 12.1. The fourth-order valence-electron chi connectivity index (χ4n) is 2.92. The molecular weight excluding hydrogens is 324 g/mol. The van der Waals surface area contributed by atoms with Gasteiger partial charge in [0.15, 0.2) is 0 Å². The molecule has 0 saturated carbocycles. The van der Waals surface area contributed by atoms with Crippen LogP contribution in [0.15, 0.2) is 30.3 Å². The van der Waals surface area contributed by atoms with Crippen LogP contribution in [-0.4, -0.2) is 52.5 Å². The van der Waals surface area contributed by atoms with Crippen molar-refractivity contribution in [2.24, 2.45) is 0 Å². The second-order valence-corrected chi connectivity index (χ2v) is 7.23. The van der Waals surface area contributed by atoms with E-state index in [9.17, 15) is 14.7 Å². The van der Waals surface area contributed by atoms with Crippen molar-refractivity contribution in [3.05, 3.63) is 35.9 Å². The first-order chi connectivity index (χ1) is 11.6. The zero-order valence-corrected chi connectivity index (χ0v) is 14.9. The Morgan fingerprint density at radius 2 is 1.92 bits per heavy atom. The third kappa shape index (κ3) is 5.24. The van der Waals surface area contributed by atoms with Crippen LogP contribution < -0.4 is 5.32 Å². The predicted octanol–water partition coefficient (Wildman–Crippen LogP) is 2.54. The molecule has 0 radical (unpaired) electrons. The fourth-order valence-corrected chi connectivity index (χ4v) is 3.85. The molecule has 0 bridgehead atoms. The Hall–Kier alpha value is -1.53. The molecule has 0 aromatic heterocycles. The minimum atomic E-state index is -0.960. The maximum Gasteiger partial charge on any atom is 0.326 e. The minimum absolute atomic E-state index is 0.211. The van der Waals surface area contributed by atoms with Crippen molar-refractivity contribution in [1.82, 2.24) is 10.2 Å². The van der Waals surface area contributed by atoms with E-state index in [1.54, 1.807) is 0 Å². The first kappa shape index (κ1) is 18.8. The maximum absolute atomic E-state index is 12.9. The summed E-state index contributed by atoms with van der Waals surface area (Å²) < 4.78 is 0. The predicted molar refractivity (Wildman–Crippen MR) is 97.2 cm³/mol. The van der Waals surface area contributed by atoms with Gasteiger partial charge in [-0.2, -0.15) is 11.8 Å². The van der Waals surface area contributed by atoms with Gasteiger partial charge in [-0.15, -0.1) is 0 Å². The van der Waals surface area contributed by atoms with Crippen LogP contribution in [0.2, 0.25) is 0 Å². The van der Waals surface area contributed by atoms with Crippen molar-refractivity contribution in [3.63, 3.8) is 0 Å². The highest BCUT2D eigenvalue weighted by Gasteiger charge is 2.31. The van der Waals surface area contributed by atoms with Gasteiger partial charge in [0.1, 0.15) is 12.1 Å². The van der Waals surface area contributed by atoms with E-state index >= 15 is 0 Å². The number of unbranched alkanes of at least 4 members (excludes halogenated alkanes) is 1. The molecule has 6 heteroatoms. The van der Waals surface area contributed by atoms with Crippen molar-refractivity contribution in [1.29, 1.82) is 0 Å². The molecule has 5 nitrogen and oxygen atoms in total. The number of nitrogens with zero attached hydrogens (tertiary/aromatic N) is 1. The van der Waals surface area contributed by atoms with Crippen molar-refractivity contribution < 1.29 is 14.7 Å². The van der Waals surface area contributed by atoms with Crippen LogP contribution in [0.3, 0.4) is 0 Å². The average Bonchev–Trinajstić information content (AvgIpc) is 2.60. The Kier molecular flexibility index (Phi) is 7.59. The molecule has 1 fully saturated rings. The summed E-state index contributed by atoms with van der Waals surface area (Å²) >= 11 is 1.89. The molecule has 1 aliphatic heterocycles. The van der Waals surface area contributed by atoms with Gasteiger partial charge in [-0.3, -0.25) is 9.69 Å². The van der Waals surface area contributed by atoms with Gasteiger partial charge in [0.2, 0.25) is 5.91 Å². The second kappa shape index (κ2) is 9.69. The van der Waals surface area contributed by atoms with Crippen molar-refractivity contribution in [2.45, 2.75) is 38.3 Å². The van der Waals surface area contributed by atoms with Gasteiger partial charge in [0.25, 0.3) is 0 Å². The monoisotopic (exact) mass is 350 g/mol. The number of hydrogen-bond acceptors (Lipinski definition) is 4. The molecular formula is C18H26N2O3S. The van der Waals surface area contributed by atoms with E-state index in [-0.39, 0.29) is 5.91 Å². The number of benzene rings is 1. The van der Waals surface area contributed by atoms with Gasteiger partial charge >= 0.3 is 5.97 Å². The SMILES string of the molecule is CCCC[C@H](NC(=O)C(c1ccccc1)N1CCSCC1)C(=O)O. The summed E-state index contributed by atoms with van der Waals surface area (Å²) in [5.74, 6) is 0.818. The van der Waals surface area contributed by atoms with Crippen molar-refractivity contribution in [3.8, 4) is 0 Å². The van der Waals surface area contributed by atoms with E-state index in [0.29, 0.717) is 6.42 Å². The lowest BCUT2D eigenvalue weighted by molar-refractivity contribution is -0.143. The third-order valence-electron chi connectivity index (χ3n) is 4.24. The van der Waals surface area contributed by atoms with Gasteiger partial charge in [-0.05, 0) is 12.0 Å². The Morgan fingerprint density at radius 1 is 1.25 bits per heavy atom. The molecule has 1 heterocycles. The largest absolute Gasteiger partial charge is 0.480 e. The van der Waals surface area contributed by atoms with Crippen LogP contribution in [0.4, 0.5) is 0 Å². The molecule has 0 aliphatic carbocycles. The standard InChI is InChI=1S/C18H26N2O3S/c1-2-3-9-15(18(22)23)19-17(21)16(14-7-5-4-6-8-14)20-10-12-24-13-11-20/h4-8,15-16H,2-3,9-13H2,1H3,(H,19,21)(H,22,23)/t15-,16?/m0/s1. The number of aliphatic carboxylic acids is 1. The zero-order chi connectivity index (χ0) is 17.4. The summed E-state index contributed by atoms with van der Waals surface area (Å²) in [6.45, 7) is 3.69. The number of carbonyl (C=O) groups is 2. The third-order valence-corrected chi connectivity index (χ3v) is 5.18. The molecule has 1 aromatic rings. The van der Waals surface area contributed by atoms with E-state index in [1.165, 1.54) is 0 Å². The first-order valence-electron chi connectivity index (χ1n) is 8.53. The van der Waals surface area contributed by atoms with Crippen LogP contribution in [-0.2, 0) is 9.59 Å². The highest BCUT2D eigenvalue weighted by atomic mass is 32.2. The number of nitrogens with one attached hydrogen (secondary N) is 1. The van der Waals surface area contributed by atoms with Crippen LogP contribution in [0.5, 0.6) is 0 Å². The lowest BCUT2D eigenvalue weighted by Gasteiger charge is -2.34. The molecule has 1 amide bonds. The van der Waals surface area contributed by atoms with Crippen LogP contribution in [0.25, 0.3) is 0 Å². The van der Waals surface area contributed by atoms with Crippen molar-refractivity contribution in [2.75, 3.05) is 24.6 Å². The lowest BCUT2D eigenvalue weighted by Crippen LogP contribution is -2.49. The fraction of sp³-hybridized carbons (Fsp3) is 0.556. The number of amides is 1. The molecule has 2 atom stereocenters. The van der Waals surface area contributed by atoms with E-state index in [2.05, 4.69) is 10.2 Å². The number of rotatable bonds is 8. The normalized spacial score (nSPS) is 17.9. The topological polar surface area (TPSA) is 69.6 Å². The molecule has 1 aromatic carbocycles. The van der Waals surface area contributed by atoms with E-state index in [4.69, 9.17) is 0 Å². The molecule has 0 spiro atoms. The number of thioether (sulfide) groups is 1. The highest BCUT2D eigenvalue weighted by Crippen LogP contribution is 2.24. The van der Waals surface area contributed by atoms with E-state index in [1.807, 2.05) is 49.0 Å². The Balaban J connectivity index is 2.15. The van der Waals surface area contributed by atoms with Crippen LogP contribution in [0, 0.1) is 0 Å². The Labute approximate surface area is 147 Å². The van der Waals surface area contributed by atoms with E-state index < -0.39 is 18.1 Å². The smallest absolute Gasteiger partial charge is 0.326 e. The summed E-state index contributed by atoms with van der Waals surface area (Å²) in [6.07, 6.45) is 2.16. The molecule has 132 valence electrons. The number of hydrogen-bond donors (Lipinski definition) is 2. The highest BCUT2D eigenvalue weighted by molar-refractivity contribution is 7.99. The van der Waals surface area contributed by atoms with Gasteiger partial charge in [0.05, 0.1) is 0 Å². The minimum Gasteiger partial charge on any atom is -0.480 e. The first-order valence-corrected chi connectivity index (χ1v) is 9.69. The van der Waals surface area contributed by atoms with Gasteiger partial charge < -0.3 is 10.4 Å². The molecule has 1 aliphatic rings. The molecule has 2 rings (SSSR count). The van der Waals surface area contributed by atoms with E-state index in [0.717, 1.165) is 43.0 Å². The molecule has 1 unspecified atom stereocenters. The second-order valence-electron chi connectivity index (χ2n) is 6.00. The Morgan fingerprint density at radius 3 is 2.50 bits per heavy atom. The summed E-state index contributed by atoms with van der Waals surface area (Å²) in [5.41, 5.74) is 0.918. The number of carboxylic acid groups (broad SMARTS) is 1. The zero-order valence-electron chi connectivity index (χ0n) is 14.1. The van der Waals surface area contributed by atoms with Gasteiger partial charge in [0, 0.05) is 24.6 Å². The lowest BCUT2D eigenvalue weighted by atomic mass is 10.0. The average molecular weight is 350 g/mol. The van der Waals surface area contributed by atoms with Gasteiger partial charge in [-0.25, -0.2) is 4.79 Å². The quantitative estimate of drug-likeness (QED) is 0.754. The van der Waals surface area contributed by atoms with Gasteiger partial charge in [-0.1, -0.05) is 50.1 Å². The van der Waals surface area contributed by atoms with Crippen molar-refractivity contribution >= 4 is 23.6 Å². The maximum atomic E-state index is 12.9. The Bertz CT molecular complexity index is 532. The van der Waals surface area contributed by atoms with Crippen LogP contribution >= 0.6 is 11.8 Å². The summed E-state index contributed by atoms with van der Waals surface area (Å²) in [6, 6.07) is 8.39. The molecule has 2 N–H and O–H groups in total. The molecule has 24 heavy (non-hydrogen) atoms. The molecule has 1 saturated heterocycles. The number of carbonyl (C=O) groups excluding carboxylic acids is 1. The van der Waals surface area contributed by atoms with Crippen LogP contribution in [0.1, 0.15) is 37.8 Å². The summed E-state index contributed by atoms with van der Waals surface area (Å²) in [4.78, 5) is 26.5. The number of carboxylic acids is 1. The summed E-state index contributed by atoms with van der Waals surface area (Å²) in [7, 11) is 0.